The number of hydrogen-bond acceptors (Lipinski definition) is 5. The van der Waals surface area contributed by atoms with Gasteiger partial charge in [0.15, 0.2) is 11.0 Å². The molecular formula is C18H24N4S2. The Balaban J connectivity index is 1.81. The van der Waals surface area contributed by atoms with Crippen LogP contribution in [0.5, 0.6) is 0 Å². The van der Waals surface area contributed by atoms with Crippen molar-refractivity contribution >= 4 is 23.1 Å². The Kier molecular flexibility index (Phi) is 5.03. The van der Waals surface area contributed by atoms with Crippen molar-refractivity contribution in [2.24, 2.45) is 18.4 Å². The van der Waals surface area contributed by atoms with Crippen LogP contribution < -0.4 is 0 Å². The number of thioether (sulfide) groups is 1. The summed E-state index contributed by atoms with van der Waals surface area (Å²) in [5.74, 6) is 2.46. The average Bonchev–Trinajstić information content (AvgIpc) is 3.09. The molecule has 0 saturated carbocycles. The van der Waals surface area contributed by atoms with E-state index in [4.69, 9.17) is 5.26 Å². The number of nitriles is 1. The van der Waals surface area contributed by atoms with Gasteiger partial charge in [-0.3, -0.25) is 0 Å². The van der Waals surface area contributed by atoms with Crippen molar-refractivity contribution in [1.29, 1.82) is 5.26 Å². The summed E-state index contributed by atoms with van der Waals surface area (Å²) < 4.78 is 2.06. The molecule has 0 fully saturated rings. The molecule has 1 atom stereocenters. The number of hydrogen-bond donors (Lipinski definition) is 0. The van der Waals surface area contributed by atoms with E-state index < -0.39 is 0 Å². The SMILES string of the molecule is Cn1c(SCCC#N)nnc1-c1cc2c(s1)CCC(C(C)(C)C)C2. The highest BCUT2D eigenvalue weighted by Gasteiger charge is 2.30. The van der Waals surface area contributed by atoms with Gasteiger partial charge in [0.2, 0.25) is 0 Å². The quantitative estimate of drug-likeness (QED) is 0.586. The molecule has 0 N–H and O–H groups in total. The van der Waals surface area contributed by atoms with Crippen LogP contribution in [0.15, 0.2) is 11.2 Å². The minimum atomic E-state index is 0.370. The van der Waals surface area contributed by atoms with Gasteiger partial charge in [0.25, 0.3) is 0 Å². The topological polar surface area (TPSA) is 54.5 Å². The third-order valence-corrected chi connectivity index (χ3v) is 7.06. The third kappa shape index (κ3) is 3.52. The lowest BCUT2D eigenvalue weighted by Gasteiger charge is -2.33. The van der Waals surface area contributed by atoms with Gasteiger partial charge in [-0.25, -0.2) is 0 Å². The molecule has 6 heteroatoms. The largest absolute Gasteiger partial charge is 0.305 e. The van der Waals surface area contributed by atoms with E-state index in [1.165, 1.54) is 34.6 Å². The van der Waals surface area contributed by atoms with Crippen molar-refractivity contribution in [2.45, 2.75) is 51.6 Å². The van der Waals surface area contributed by atoms with Crippen molar-refractivity contribution in [1.82, 2.24) is 14.8 Å². The molecule has 0 amide bonds. The predicted octanol–water partition coefficient (Wildman–Crippen LogP) is 4.70. The molecule has 3 rings (SSSR count). The van der Waals surface area contributed by atoms with Crippen molar-refractivity contribution in [3.05, 3.63) is 16.5 Å². The molecule has 1 aliphatic carbocycles. The van der Waals surface area contributed by atoms with E-state index in [1.807, 2.05) is 18.4 Å². The van der Waals surface area contributed by atoms with Gasteiger partial charge in [-0.15, -0.1) is 21.5 Å². The summed E-state index contributed by atoms with van der Waals surface area (Å²) in [5.41, 5.74) is 1.87. The predicted molar refractivity (Wildman–Crippen MR) is 100 cm³/mol. The van der Waals surface area contributed by atoms with Crippen molar-refractivity contribution in [3.63, 3.8) is 0 Å². The zero-order valence-corrected chi connectivity index (χ0v) is 16.4. The van der Waals surface area contributed by atoms with Crippen LogP contribution in [0.25, 0.3) is 10.7 Å². The van der Waals surface area contributed by atoms with Gasteiger partial charge < -0.3 is 4.57 Å². The van der Waals surface area contributed by atoms with E-state index in [0.717, 1.165) is 22.7 Å². The number of aryl methyl sites for hydroxylation is 1. The van der Waals surface area contributed by atoms with Gasteiger partial charge in [-0.05, 0) is 42.2 Å². The van der Waals surface area contributed by atoms with Crippen LogP contribution in [0.4, 0.5) is 0 Å². The molecule has 1 unspecified atom stereocenters. The molecule has 0 radical (unpaired) electrons. The van der Waals surface area contributed by atoms with E-state index in [-0.39, 0.29) is 0 Å². The first kappa shape index (κ1) is 17.5. The first-order valence-corrected chi connectivity index (χ1v) is 10.2. The Morgan fingerprint density at radius 1 is 1.42 bits per heavy atom. The number of rotatable bonds is 4. The lowest BCUT2D eigenvalue weighted by Crippen LogP contribution is -2.26. The van der Waals surface area contributed by atoms with Crippen LogP contribution in [-0.4, -0.2) is 20.5 Å². The van der Waals surface area contributed by atoms with Gasteiger partial charge in [-0.1, -0.05) is 32.5 Å². The van der Waals surface area contributed by atoms with Crippen molar-refractivity contribution < 1.29 is 0 Å². The average molecular weight is 361 g/mol. The van der Waals surface area contributed by atoms with Gasteiger partial charge in [-0.2, -0.15) is 5.26 Å². The van der Waals surface area contributed by atoms with Crippen molar-refractivity contribution in [3.8, 4) is 16.8 Å². The summed E-state index contributed by atoms with van der Waals surface area (Å²) in [6, 6.07) is 4.49. The van der Waals surface area contributed by atoms with E-state index in [1.54, 1.807) is 11.8 Å². The molecule has 0 saturated heterocycles. The highest BCUT2D eigenvalue weighted by atomic mass is 32.2. The zero-order chi connectivity index (χ0) is 17.3. The second-order valence-corrected chi connectivity index (χ2v) is 9.69. The molecule has 4 nitrogen and oxygen atoms in total. The Morgan fingerprint density at radius 2 is 2.21 bits per heavy atom. The number of aromatic nitrogens is 3. The summed E-state index contributed by atoms with van der Waals surface area (Å²) in [5, 5.41) is 18.2. The van der Waals surface area contributed by atoms with Crippen LogP contribution in [0.1, 0.15) is 44.1 Å². The normalized spacial score (nSPS) is 17.5. The monoisotopic (exact) mass is 360 g/mol. The molecular weight excluding hydrogens is 336 g/mol. The fraction of sp³-hybridized carbons (Fsp3) is 0.611. The number of thiophene rings is 1. The minimum absolute atomic E-state index is 0.370. The van der Waals surface area contributed by atoms with E-state index in [9.17, 15) is 0 Å². The van der Waals surface area contributed by atoms with Gasteiger partial charge in [0, 0.05) is 24.1 Å². The molecule has 0 bridgehead atoms. The highest BCUT2D eigenvalue weighted by molar-refractivity contribution is 7.99. The molecule has 24 heavy (non-hydrogen) atoms. The molecule has 2 aromatic heterocycles. The first-order chi connectivity index (χ1) is 11.4. The summed E-state index contributed by atoms with van der Waals surface area (Å²) in [6.45, 7) is 7.05. The second-order valence-electron chi connectivity index (χ2n) is 7.49. The standard InChI is InChI=1S/C18H24N4S2/c1-18(2,3)13-6-7-14-12(10-13)11-15(24-14)16-20-21-17(22(16)4)23-9-5-8-19/h11,13H,5-7,9-10H2,1-4H3. The number of fused-ring (bicyclic) bond motifs is 1. The van der Waals surface area contributed by atoms with Crippen LogP contribution in [0.3, 0.4) is 0 Å². The molecule has 2 aromatic rings. The first-order valence-electron chi connectivity index (χ1n) is 8.41. The summed E-state index contributed by atoms with van der Waals surface area (Å²) >= 11 is 3.47. The molecule has 0 spiro atoms. The fourth-order valence-corrected chi connectivity index (χ4v) is 5.20. The highest BCUT2D eigenvalue weighted by Crippen LogP contribution is 2.42. The van der Waals surface area contributed by atoms with E-state index >= 15 is 0 Å². The lowest BCUT2D eigenvalue weighted by atomic mass is 9.72. The molecule has 1 aliphatic rings. The summed E-state index contributed by atoms with van der Waals surface area (Å²) in [4.78, 5) is 2.74. The summed E-state index contributed by atoms with van der Waals surface area (Å²) in [6.07, 6.45) is 4.18. The fourth-order valence-electron chi connectivity index (χ4n) is 3.22. The number of nitrogens with zero attached hydrogens (tertiary/aromatic N) is 4. The van der Waals surface area contributed by atoms with Gasteiger partial charge >= 0.3 is 0 Å². The van der Waals surface area contributed by atoms with Gasteiger partial charge in [0.1, 0.15) is 0 Å². The molecule has 0 aliphatic heterocycles. The van der Waals surface area contributed by atoms with Crippen LogP contribution >= 0.6 is 23.1 Å². The maximum absolute atomic E-state index is 8.66. The minimum Gasteiger partial charge on any atom is -0.305 e. The van der Waals surface area contributed by atoms with Crippen LogP contribution in [0.2, 0.25) is 0 Å². The zero-order valence-electron chi connectivity index (χ0n) is 14.8. The van der Waals surface area contributed by atoms with Crippen molar-refractivity contribution in [2.75, 3.05) is 5.75 Å². The van der Waals surface area contributed by atoms with Crippen LogP contribution in [-0.2, 0) is 19.9 Å². The third-order valence-electron chi connectivity index (χ3n) is 4.81. The Bertz CT molecular complexity index is 761. The maximum atomic E-state index is 8.66. The van der Waals surface area contributed by atoms with Crippen LogP contribution in [0, 0.1) is 22.7 Å². The van der Waals surface area contributed by atoms with E-state index in [2.05, 4.69) is 47.7 Å². The Labute approximate surface area is 152 Å². The maximum Gasteiger partial charge on any atom is 0.191 e. The Morgan fingerprint density at radius 3 is 2.92 bits per heavy atom. The molecule has 128 valence electrons. The van der Waals surface area contributed by atoms with E-state index in [0.29, 0.717) is 11.8 Å². The Hall–Kier alpha value is -1.32. The smallest absolute Gasteiger partial charge is 0.191 e. The summed E-state index contributed by atoms with van der Waals surface area (Å²) in [7, 11) is 2.01. The molecule has 2 heterocycles. The lowest BCUT2D eigenvalue weighted by molar-refractivity contribution is 0.217. The molecule has 0 aromatic carbocycles. The second kappa shape index (κ2) is 6.89. The van der Waals surface area contributed by atoms with Gasteiger partial charge in [0.05, 0.1) is 10.9 Å².